The van der Waals surface area contributed by atoms with Gasteiger partial charge in [0.1, 0.15) is 11.5 Å². The molecule has 0 spiro atoms. The van der Waals surface area contributed by atoms with Crippen LogP contribution >= 0.6 is 11.6 Å². The summed E-state index contributed by atoms with van der Waals surface area (Å²) in [6.07, 6.45) is 4.65. The van der Waals surface area contributed by atoms with Crippen LogP contribution in [0.3, 0.4) is 0 Å². The highest BCUT2D eigenvalue weighted by Crippen LogP contribution is 2.37. The minimum atomic E-state index is 0.158. The summed E-state index contributed by atoms with van der Waals surface area (Å²) in [6.45, 7) is 6.94. The number of rotatable bonds is 9. The van der Waals surface area contributed by atoms with E-state index in [9.17, 15) is 0 Å². The van der Waals surface area contributed by atoms with E-state index in [1.807, 2.05) is 12.1 Å². The van der Waals surface area contributed by atoms with Crippen LogP contribution in [0.1, 0.15) is 45.1 Å². The molecule has 3 heteroatoms. The van der Waals surface area contributed by atoms with Gasteiger partial charge in [-0.05, 0) is 45.2 Å². The smallest absolute Gasteiger partial charge is 0.130 e. The number of halogens is 1. The summed E-state index contributed by atoms with van der Waals surface area (Å²) in [4.78, 5) is 0. The molecule has 0 aliphatic carbocycles. The van der Waals surface area contributed by atoms with Gasteiger partial charge in [-0.2, -0.15) is 0 Å². The number of benzene rings is 2. The third kappa shape index (κ3) is 5.04. The van der Waals surface area contributed by atoms with Crippen molar-refractivity contribution in [2.24, 2.45) is 0 Å². The lowest BCUT2D eigenvalue weighted by Crippen LogP contribution is -2.07. The summed E-state index contributed by atoms with van der Waals surface area (Å²) in [5.41, 5.74) is 1.12. The van der Waals surface area contributed by atoms with E-state index < -0.39 is 0 Å². The maximum Gasteiger partial charge on any atom is 0.130 e. The summed E-state index contributed by atoms with van der Waals surface area (Å²) in [7, 11) is 0. The predicted molar refractivity (Wildman–Crippen MR) is 99.1 cm³/mol. The lowest BCUT2D eigenvalue weighted by atomic mass is 10.0. The first-order valence-corrected chi connectivity index (χ1v) is 9.04. The molecule has 0 bridgehead atoms. The molecule has 0 unspecified atom stereocenters. The fourth-order valence-electron chi connectivity index (χ4n) is 2.69. The van der Waals surface area contributed by atoms with Crippen molar-refractivity contribution in [2.75, 3.05) is 12.5 Å². The molecule has 2 aromatic carbocycles. The van der Waals surface area contributed by atoms with E-state index in [1.54, 1.807) is 0 Å². The predicted octanol–water partition coefficient (Wildman–Crippen LogP) is 6.11. The first-order chi connectivity index (χ1) is 11.1. The van der Waals surface area contributed by atoms with Gasteiger partial charge in [0, 0.05) is 16.7 Å². The standard InChI is InChI=1S/C20H27ClO2/c1-15(2)23-20-16(3)14-19(17-10-6-7-11-18(17)20)22-13-9-5-4-8-12-21/h6-7,10-11,14-15H,4-5,8-9,12-13H2,1-3H3. The average molecular weight is 335 g/mol. The largest absolute Gasteiger partial charge is 0.493 e. The third-order valence-corrected chi connectivity index (χ3v) is 4.05. The van der Waals surface area contributed by atoms with Crippen molar-refractivity contribution in [3.05, 3.63) is 35.9 Å². The lowest BCUT2D eigenvalue weighted by molar-refractivity contribution is 0.243. The maximum atomic E-state index is 6.05. The Balaban J connectivity index is 2.14. The Bertz CT molecular complexity index is 622. The molecule has 0 aliphatic rings. The highest BCUT2D eigenvalue weighted by molar-refractivity contribution is 6.17. The van der Waals surface area contributed by atoms with Crippen molar-refractivity contribution in [3.63, 3.8) is 0 Å². The quantitative estimate of drug-likeness (QED) is 0.406. The minimum Gasteiger partial charge on any atom is -0.493 e. The topological polar surface area (TPSA) is 18.5 Å². The number of alkyl halides is 1. The normalized spacial score (nSPS) is 11.2. The summed E-state index contributed by atoms with van der Waals surface area (Å²) >= 11 is 5.70. The zero-order valence-electron chi connectivity index (χ0n) is 14.4. The number of unbranched alkanes of at least 4 members (excludes halogenated alkanes) is 3. The van der Waals surface area contributed by atoms with Gasteiger partial charge in [0.15, 0.2) is 0 Å². The molecule has 0 amide bonds. The zero-order valence-corrected chi connectivity index (χ0v) is 15.2. The molecule has 2 nitrogen and oxygen atoms in total. The molecule has 126 valence electrons. The van der Waals surface area contributed by atoms with Crippen LogP contribution in [0.25, 0.3) is 10.8 Å². The van der Waals surface area contributed by atoms with Crippen LogP contribution in [-0.4, -0.2) is 18.6 Å². The van der Waals surface area contributed by atoms with Crippen LogP contribution < -0.4 is 9.47 Å². The summed E-state index contributed by atoms with van der Waals surface area (Å²) in [5, 5.41) is 2.24. The first-order valence-electron chi connectivity index (χ1n) is 8.51. The van der Waals surface area contributed by atoms with E-state index in [4.69, 9.17) is 21.1 Å². The average Bonchev–Trinajstić information content (AvgIpc) is 2.54. The van der Waals surface area contributed by atoms with Crippen molar-refractivity contribution >= 4 is 22.4 Å². The molecular formula is C20H27ClO2. The van der Waals surface area contributed by atoms with Gasteiger partial charge in [-0.25, -0.2) is 0 Å². The van der Waals surface area contributed by atoms with Crippen LogP contribution in [0, 0.1) is 6.92 Å². The number of fused-ring (bicyclic) bond motifs is 1. The van der Waals surface area contributed by atoms with E-state index in [1.165, 1.54) is 6.42 Å². The second kappa shape index (κ2) is 9.02. The molecule has 0 saturated heterocycles. The molecule has 0 saturated carbocycles. The maximum absolute atomic E-state index is 6.05. The Morgan fingerprint density at radius 1 is 1.00 bits per heavy atom. The van der Waals surface area contributed by atoms with Gasteiger partial charge in [0.2, 0.25) is 0 Å². The van der Waals surface area contributed by atoms with Gasteiger partial charge in [0.25, 0.3) is 0 Å². The minimum absolute atomic E-state index is 0.158. The van der Waals surface area contributed by atoms with E-state index in [0.29, 0.717) is 0 Å². The fraction of sp³-hybridized carbons (Fsp3) is 0.500. The third-order valence-electron chi connectivity index (χ3n) is 3.78. The Morgan fingerprint density at radius 2 is 1.70 bits per heavy atom. The molecule has 0 atom stereocenters. The number of hydrogen-bond acceptors (Lipinski definition) is 2. The Morgan fingerprint density at radius 3 is 2.39 bits per heavy atom. The SMILES string of the molecule is Cc1cc(OCCCCCCCl)c2ccccc2c1OC(C)C. The molecular weight excluding hydrogens is 308 g/mol. The van der Waals surface area contributed by atoms with E-state index in [0.717, 1.165) is 59.6 Å². The molecule has 0 aromatic heterocycles. The van der Waals surface area contributed by atoms with Gasteiger partial charge in [-0.1, -0.05) is 37.1 Å². The Hall–Kier alpha value is -1.41. The van der Waals surface area contributed by atoms with Crippen molar-refractivity contribution < 1.29 is 9.47 Å². The molecule has 23 heavy (non-hydrogen) atoms. The highest BCUT2D eigenvalue weighted by Gasteiger charge is 2.12. The van der Waals surface area contributed by atoms with Crippen molar-refractivity contribution in [2.45, 2.75) is 52.6 Å². The molecule has 2 rings (SSSR count). The monoisotopic (exact) mass is 334 g/mol. The second-order valence-corrected chi connectivity index (χ2v) is 6.56. The van der Waals surface area contributed by atoms with Crippen molar-refractivity contribution in [1.29, 1.82) is 0 Å². The number of aryl methyl sites for hydroxylation is 1. The molecule has 0 heterocycles. The summed E-state index contributed by atoms with van der Waals surface area (Å²) in [6, 6.07) is 10.4. The zero-order chi connectivity index (χ0) is 16.7. The van der Waals surface area contributed by atoms with E-state index in [2.05, 4.69) is 39.0 Å². The first kappa shape index (κ1) is 17.9. The molecule has 0 fully saturated rings. The Labute approximate surface area is 144 Å². The van der Waals surface area contributed by atoms with Crippen LogP contribution in [0.15, 0.2) is 30.3 Å². The van der Waals surface area contributed by atoms with Gasteiger partial charge in [-0.3, -0.25) is 0 Å². The van der Waals surface area contributed by atoms with Crippen LogP contribution in [0.5, 0.6) is 11.5 Å². The van der Waals surface area contributed by atoms with Crippen molar-refractivity contribution in [1.82, 2.24) is 0 Å². The van der Waals surface area contributed by atoms with Crippen LogP contribution in [-0.2, 0) is 0 Å². The van der Waals surface area contributed by atoms with Gasteiger partial charge < -0.3 is 9.47 Å². The lowest BCUT2D eigenvalue weighted by Gasteiger charge is -2.18. The van der Waals surface area contributed by atoms with Gasteiger partial charge in [0.05, 0.1) is 12.7 Å². The van der Waals surface area contributed by atoms with Gasteiger partial charge >= 0.3 is 0 Å². The number of ether oxygens (including phenoxy) is 2. The number of hydrogen-bond donors (Lipinski definition) is 0. The van der Waals surface area contributed by atoms with Gasteiger partial charge in [-0.15, -0.1) is 11.6 Å². The van der Waals surface area contributed by atoms with E-state index >= 15 is 0 Å². The van der Waals surface area contributed by atoms with Crippen LogP contribution in [0.2, 0.25) is 0 Å². The van der Waals surface area contributed by atoms with Crippen LogP contribution in [0.4, 0.5) is 0 Å². The second-order valence-electron chi connectivity index (χ2n) is 6.18. The fourth-order valence-corrected chi connectivity index (χ4v) is 2.88. The molecule has 0 N–H and O–H groups in total. The highest BCUT2D eigenvalue weighted by atomic mass is 35.5. The Kier molecular flexibility index (Phi) is 7.04. The molecule has 0 aliphatic heterocycles. The van der Waals surface area contributed by atoms with Crippen molar-refractivity contribution in [3.8, 4) is 11.5 Å². The summed E-state index contributed by atoms with van der Waals surface area (Å²) in [5.74, 6) is 2.67. The summed E-state index contributed by atoms with van der Waals surface area (Å²) < 4.78 is 12.1. The molecule has 0 radical (unpaired) electrons. The molecule has 2 aromatic rings. The van der Waals surface area contributed by atoms with E-state index in [-0.39, 0.29) is 6.10 Å².